The molecule has 0 fully saturated rings. The average molecular weight is 377 g/mol. The summed E-state index contributed by atoms with van der Waals surface area (Å²) in [5.41, 5.74) is 1.79. The normalized spacial score (nSPS) is 12.3. The third kappa shape index (κ3) is 4.50. The number of amidine groups is 1. The summed E-state index contributed by atoms with van der Waals surface area (Å²) >= 11 is 7.70. The molecule has 0 atom stereocenters. The Bertz CT molecular complexity index is 889. The third-order valence-corrected chi connectivity index (χ3v) is 5.22. The SMILES string of the molecule is CCCCn1c(C)c(C)s/c1=N\C(=N\C#N)c1cc(Cl)ccc1OC. The summed E-state index contributed by atoms with van der Waals surface area (Å²) in [4.78, 5) is 10.6. The van der Waals surface area contributed by atoms with Gasteiger partial charge >= 0.3 is 0 Å². The van der Waals surface area contributed by atoms with E-state index in [1.807, 2.05) is 6.19 Å². The van der Waals surface area contributed by atoms with Gasteiger partial charge in [0.15, 0.2) is 10.6 Å². The molecule has 0 saturated carbocycles. The van der Waals surface area contributed by atoms with Crippen molar-refractivity contribution in [2.75, 3.05) is 7.11 Å². The summed E-state index contributed by atoms with van der Waals surface area (Å²) < 4.78 is 7.55. The Balaban J connectivity index is 2.64. The molecule has 0 aliphatic carbocycles. The molecular weight excluding hydrogens is 356 g/mol. The maximum absolute atomic E-state index is 9.10. The van der Waals surface area contributed by atoms with Crippen LogP contribution < -0.4 is 9.54 Å². The molecule has 2 rings (SSSR count). The van der Waals surface area contributed by atoms with Crippen LogP contribution >= 0.6 is 22.9 Å². The van der Waals surface area contributed by atoms with Gasteiger partial charge in [-0.3, -0.25) is 0 Å². The summed E-state index contributed by atoms with van der Waals surface area (Å²) in [7, 11) is 1.57. The first kappa shape index (κ1) is 19.2. The van der Waals surface area contributed by atoms with Crippen molar-refractivity contribution in [1.82, 2.24) is 4.57 Å². The molecule has 0 aliphatic heterocycles. The van der Waals surface area contributed by atoms with E-state index in [0.717, 1.165) is 24.2 Å². The molecule has 0 amide bonds. The van der Waals surface area contributed by atoms with Crippen molar-refractivity contribution in [3.63, 3.8) is 0 Å². The second-order valence-electron chi connectivity index (χ2n) is 5.52. The van der Waals surface area contributed by atoms with E-state index in [-0.39, 0.29) is 0 Å². The molecule has 1 aromatic carbocycles. The fourth-order valence-corrected chi connectivity index (χ4v) is 3.57. The van der Waals surface area contributed by atoms with Crippen LogP contribution in [0.2, 0.25) is 5.02 Å². The number of unbranched alkanes of at least 4 members (excludes halogenated alkanes) is 1. The van der Waals surface area contributed by atoms with Crippen molar-refractivity contribution in [3.05, 3.63) is 44.2 Å². The highest BCUT2D eigenvalue weighted by atomic mass is 35.5. The molecule has 0 aliphatic rings. The van der Waals surface area contributed by atoms with Gasteiger partial charge in [-0.25, -0.2) is 0 Å². The third-order valence-electron chi connectivity index (χ3n) is 3.88. The smallest absolute Gasteiger partial charge is 0.207 e. The first-order valence-electron chi connectivity index (χ1n) is 8.04. The van der Waals surface area contributed by atoms with Crippen LogP contribution in [-0.2, 0) is 6.54 Å². The largest absolute Gasteiger partial charge is 0.496 e. The van der Waals surface area contributed by atoms with Gasteiger partial charge in [0.05, 0.1) is 12.7 Å². The standard InChI is InChI=1S/C18H21ClN4OS/c1-5-6-9-23-12(2)13(3)25-18(23)22-17(21-11-20)15-10-14(19)7-8-16(15)24-4/h7-8,10H,5-6,9H2,1-4H3/b21-17+,22-18-. The van der Waals surface area contributed by atoms with Gasteiger partial charge in [-0.05, 0) is 38.5 Å². The van der Waals surface area contributed by atoms with Gasteiger partial charge in [0, 0.05) is 22.1 Å². The van der Waals surface area contributed by atoms with Crippen molar-refractivity contribution in [1.29, 1.82) is 5.26 Å². The van der Waals surface area contributed by atoms with E-state index in [0.29, 0.717) is 22.2 Å². The molecule has 1 aromatic heterocycles. The Hall–Kier alpha value is -2.10. The van der Waals surface area contributed by atoms with Crippen LogP contribution in [0.3, 0.4) is 0 Å². The van der Waals surface area contributed by atoms with Crippen molar-refractivity contribution in [3.8, 4) is 11.9 Å². The van der Waals surface area contributed by atoms with E-state index in [1.54, 1.807) is 36.6 Å². The van der Waals surface area contributed by atoms with Gasteiger partial charge < -0.3 is 9.30 Å². The number of ether oxygens (including phenoxy) is 1. The van der Waals surface area contributed by atoms with Gasteiger partial charge in [0.2, 0.25) is 6.19 Å². The molecule has 0 unspecified atom stereocenters. The van der Waals surface area contributed by atoms with E-state index in [2.05, 4.69) is 35.3 Å². The number of thiazole rings is 1. The molecular formula is C18H21ClN4OS. The molecule has 0 N–H and O–H groups in total. The summed E-state index contributed by atoms with van der Waals surface area (Å²) in [6.45, 7) is 7.20. The highest BCUT2D eigenvalue weighted by molar-refractivity contribution is 7.09. The zero-order valence-electron chi connectivity index (χ0n) is 14.8. The van der Waals surface area contributed by atoms with Gasteiger partial charge in [-0.2, -0.15) is 15.2 Å². The second kappa shape index (κ2) is 8.84. The number of benzene rings is 1. The first-order valence-corrected chi connectivity index (χ1v) is 9.23. The Labute approximate surface area is 156 Å². The molecule has 132 valence electrons. The number of nitrogens with zero attached hydrogens (tertiary/aromatic N) is 4. The lowest BCUT2D eigenvalue weighted by atomic mass is 10.2. The number of aliphatic imine (C=N–C) groups is 1. The van der Waals surface area contributed by atoms with E-state index in [4.69, 9.17) is 21.6 Å². The summed E-state index contributed by atoms with van der Waals surface area (Å²) in [5, 5.41) is 9.64. The predicted molar refractivity (Wildman–Crippen MR) is 102 cm³/mol. The van der Waals surface area contributed by atoms with Crippen LogP contribution in [0.4, 0.5) is 0 Å². The van der Waals surface area contributed by atoms with E-state index in [9.17, 15) is 0 Å². The zero-order valence-corrected chi connectivity index (χ0v) is 16.4. The predicted octanol–water partition coefficient (Wildman–Crippen LogP) is 4.46. The van der Waals surface area contributed by atoms with Crippen LogP contribution in [-0.4, -0.2) is 17.5 Å². The van der Waals surface area contributed by atoms with Crippen LogP contribution in [0, 0.1) is 25.3 Å². The molecule has 0 spiro atoms. The minimum atomic E-state index is 0.299. The molecule has 0 radical (unpaired) electrons. The van der Waals surface area contributed by atoms with E-state index < -0.39 is 0 Å². The minimum absolute atomic E-state index is 0.299. The van der Waals surface area contributed by atoms with Crippen molar-refractivity contribution < 1.29 is 4.74 Å². The minimum Gasteiger partial charge on any atom is -0.496 e. The number of nitriles is 1. The average Bonchev–Trinajstić information content (AvgIpc) is 2.86. The molecule has 2 aromatic rings. The number of rotatable bonds is 5. The van der Waals surface area contributed by atoms with Gasteiger partial charge in [-0.15, -0.1) is 11.3 Å². The summed E-state index contributed by atoms with van der Waals surface area (Å²) in [6, 6.07) is 5.19. The fourth-order valence-electron chi connectivity index (χ4n) is 2.40. The highest BCUT2D eigenvalue weighted by Gasteiger charge is 2.13. The highest BCUT2D eigenvalue weighted by Crippen LogP contribution is 2.24. The number of aromatic nitrogens is 1. The molecule has 1 heterocycles. The van der Waals surface area contributed by atoms with Crippen LogP contribution in [0.25, 0.3) is 0 Å². The fraction of sp³-hybridized carbons (Fsp3) is 0.389. The summed E-state index contributed by atoms with van der Waals surface area (Å²) in [5.74, 6) is 0.876. The number of methoxy groups -OCH3 is 1. The topological polar surface area (TPSA) is 62.7 Å². The van der Waals surface area contributed by atoms with Crippen LogP contribution in [0.5, 0.6) is 5.75 Å². The Kier molecular flexibility index (Phi) is 6.80. The van der Waals surface area contributed by atoms with E-state index in [1.165, 1.54) is 10.6 Å². The lowest BCUT2D eigenvalue weighted by Crippen LogP contribution is -2.19. The van der Waals surface area contributed by atoms with Crippen molar-refractivity contribution in [2.45, 2.75) is 40.2 Å². The number of halogens is 1. The Morgan fingerprint density at radius 1 is 1.40 bits per heavy atom. The number of hydrogen-bond donors (Lipinski definition) is 0. The Morgan fingerprint density at radius 3 is 2.80 bits per heavy atom. The molecule has 5 nitrogen and oxygen atoms in total. The molecule has 0 saturated heterocycles. The van der Waals surface area contributed by atoms with Gasteiger partial charge in [0.25, 0.3) is 0 Å². The lowest BCUT2D eigenvalue weighted by Gasteiger charge is -2.08. The van der Waals surface area contributed by atoms with Gasteiger partial charge in [-0.1, -0.05) is 24.9 Å². The summed E-state index contributed by atoms with van der Waals surface area (Å²) in [6.07, 6.45) is 4.00. The quantitative estimate of drug-likeness (QED) is 0.439. The van der Waals surface area contributed by atoms with Crippen molar-refractivity contribution in [2.24, 2.45) is 9.98 Å². The van der Waals surface area contributed by atoms with Crippen LogP contribution in [0.15, 0.2) is 28.2 Å². The van der Waals surface area contributed by atoms with Crippen molar-refractivity contribution >= 4 is 28.8 Å². The number of aryl methyl sites for hydroxylation is 1. The maximum Gasteiger partial charge on any atom is 0.207 e. The first-order chi connectivity index (χ1) is 12.0. The maximum atomic E-state index is 9.10. The molecule has 25 heavy (non-hydrogen) atoms. The zero-order chi connectivity index (χ0) is 18.4. The monoisotopic (exact) mass is 376 g/mol. The van der Waals surface area contributed by atoms with Gasteiger partial charge in [0.1, 0.15) is 5.75 Å². The number of hydrogen-bond acceptors (Lipinski definition) is 4. The Morgan fingerprint density at radius 2 is 2.16 bits per heavy atom. The second-order valence-corrected chi connectivity index (χ2v) is 7.14. The van der Waals surface area contributed by atoms with Crippen LogP contribution in [0.1, 0.15) is 35.9 Å². The van der Waals surface area contributed by atoms with E-state index >= 15 is 0 Å². The molecule has 0 bridgehead atoms. The molecule has 7 heteroatoms. The lowest BCUT2D eigenvalue weighted by molar-refractivity contribution is 0.414.